The van der Waals surface area contributed by atoms with Crippen LogP contribution in [0.5, 0.6) is 0 Å². The smallest absolute Gasteiger partial charge is 0.407 e. The summed E-state index contributed by atoms with van der Waals surface area (Å²) in [5, 5.41) is 12.1. The molecule has 35 heavy (non-hydrogen) atoms. The molecule has 0 radical (unpaired) electrons. The van der Waals surface area contributed by atoms with Crippen LogP contribution in [0.15, 0.2) is 48.5 Å². The van der Waals surface area contributed by atoms with Crippen LogP contribution in [0.25, 0.3) is 11.1 Å². The van der Waals surface area contributed by atoms with Gasteiger partial charge in [-0.3, -0.25) is 9.59 Å². The zero-order valence-corrected chi connectivity index (χ0v) is 20.2. The van der Waals surface area contributed by atoms with Crippen LogP contribution in [0.3, 0.4) is 0 Å². The number of carbonyl (C=O) groups excluding carboxylic acids is 2. The molecular formula is C28H34N2O5. The number of nitrogens with one attached hydrogen (secondary N) is 1. The van der Waals surface area contributed by atoms with Crippen molar-refractivity contribution < 1.29 is 24.2 Å². The van der Waals surface area contributed by atoms with E-state index in [1.807, 2.05) is 31.2 Å². The molecule has 0 spiro atoms. The number of aliphatic carboxylic acids is 1. The van der Waals surface area contributed by atoms with Crippen molar-refractivity contribution in [1.29, 1.82) is 0 Å². The highest BCUT2D eigenvalue weighted by Crippen LogP contribution is 2.44. The molecule has 1 aliphatic heterocycles. The summed E-state index contributed by atoms with van der Waals surface area (Å²) < 4.78 is 5.65. The largest absolute Gasteiger partial charge is 0.481 e. The number of amides is 2. The minimum Gasteiger partial charge on any atom is -0.481 e. The van der Waals surface area contributed by atoms with Gasteiger partial charge in [-0.25, -0.2) is 4.79 Å². The quantitative estimate of drug-likeness (QED) is 0.532. The zero-order valence-electron chi connectivity index (χ0n) is 20.2. The highest BCUT2D eigenvalue weighted by molar-refractivity contribution is 5.79. The summed E-state index contributed by atoms with van der Waals surface area (Å²) in [6, 6.07) is 16.0. The summed E-state index contributed by atoms with van der Waals surface area (Å²) in [5.41, 5.74) is 4.69. The van der Waals surface area contributed by atoms with Crippen molar-refractivity contribution in [2.75, 3.05) is 13.2 Å². The lowest BCUT2D eigenvalue weighted by molar-refractivity contribution is -0.142. The van der Waals surface area contributed by atoms with Gasteiger partial charge in [0.15, 0.2) is 0 Å². The maximum atomic E-state index is 12.8. The Kier molecular flexibility index (Phi) is 8.06. The van der Waals surface area contributed by atoms with Crippen molar-refractivity contribution in [3.63, 3.8) is 0 Å². The van der Waals surface area contributed by atoms with Crippen LogP contribution in [0.4, 0.5) is 4.79 Å². The third kappa shape index (κ3) is 5.84. The molecule has 1 fully saturated rings. The van der Waals surface area contributed by atoms with Crippen LogP contribution in [0, 0.1) is 0 Å². The van der Waals surface area contributed by atoms with Gasteiger partial charge in [0.1, 0.15) is 6.61 Å². The number of carbonyl (C=O) groups is 3. The number of benzene rings is 2. The van der Waals surface area contributed by atoms with Gasteiger partial charge >= 0.3 is 12.1 Å². The Morgan fingerprint density at radius 3 is 2.34 bits per heavy atom. The van der Waals surface area contributed by atoms with Gasteiger partial charge in [-0.15, -0.1) is 0 Å². The van der Waals surface area contributed by atoms with Crippen molar-refractivity contribution in [1.82, 2.24) is 10.2 Å². The van der Waals surface area contributed by atoms with E-state index >= 15 is 0 Å². The number of fused-ring (bicyclic) bond motifs is 3. The van der Waals surface area contributed by atoms with Gasteiger partial charge in [-0.1, -0.05) is 55.5 Å². The van der Waals surface area contributed by atoms with Crippen molar-refractivity contribution in [2.24, 2.45) is 0 Å². The van der Waals surface area contributed by atoms with Crippen molar-refractivity contribution in [2.45, 2.75) is 69.9 Å². The Morgan fingerprint density at radius 2 is 1.71 bits per heavy atom. The van der Waals surface area contributed by atoms with E-state index in [9.17, 15) is 14.4 Å². The molecule has 2 aromatic carbocycles. The minimum absolute atomic E-state index is 0.0000690. The summed E-state index contributed by atoms with van der Waals surface area (Å²) >= 11 is 0. The minimum atomic E-state index is -0.877. The van der Waals surface area contributed by atoms with Crippen molar-refractivity contribution in [3.05, 3.63) is 59.7 Å². The number of nitrogens with zero attached hydrogens (tertiary/aromatic N) is 1. The summed E-state index contributed by atoms with van der Waals surface area (Å²) in [5.74, 6) is -0.915. The molecule has 2 aromatic rings. The highest BCUT2D eigenvalue weighted by Gasteiger charge is 2.30. The lowest BCUT2D eigenvalue weighted by atomic mass is 9.98. The summed E-state index contributed by atoms with van der Waals surface area (Å²) in [6.45, 7) is 2.82. The molecule has 0 saturated carbocycles. The maximum absolute atomic E-state index is 12.8. The van der Waals surface area contributed by atoms with E-state index in [4.69, 9.17) is 9.84 Å². The predicted molar refractivity (Wildman–Crippen MR) is 133 cm³/mol. The molecule has 1 aliphatic carbocycles. The van der Waals surface area contributed by atoms with Gasteiger partial charge in [-0.05, 0) is 54.4 Å². The summed E-state index contributed by atoms with van der Waals surface area (Å²) in [6.07, 6.45) is 3.53. The molecule has 186 valence electrons. The fourth-order valence-corrected chi connectivity index (χ4v) is 5.37. The number of carboxylic acids is 1. The number of carboxylic acid groups (broad SMARTS) is 1. The van der Waals surface area contributed by atoms with E-state index in [1.54, 1.807) is 4.90 Å². The molecule has 7 heteroatoms. The average Bonchev–Trinajstić information content (AvgIpc) is 3.18. The molecule has 0 aromatic heterocycles. The number of piperidine rings is 1. The Morgan fingerprint density at radius 1 is 1.06 bits per heavy atom. The fourth-order valence-electron chi connectivity index (χ4n) is 5.37. The van der Waals surface area contributed by atoms with Gasteiger partial charge in [-0.2, -0.15) is 0 Å². The van der Waals surface area contributed by atoms with Crippen molar-refractivity contribution >= 4 is 18.0 Å². The topological polar surface area (TPSA) is 95.9 Å². The predicted octanol–water partition coefficient (Wildman–Crippen LogP) is 4.94. The molecule has 2 amide bonds. The van der Waals surface area contributed by atoms with E-state index in [2.05, 4.69) is 29.6 Å². The number of alkyl carbamates (subject to hydrolysis) is 1. The fraction of sp³-hybridized carbons (Fsp3) is 0.464. The molecule has 1 saturated heterocycles. The Labute approximate surface area is 206 Å². The van der Waals surface area contributed by atoms with Crippen LogP contribution in [0.1, 0.15) is 68.9 Å². The van der Waals surface area contributed by atoms with E-state index in [0.29, 0.717) is 19.4 Å². The molecular weight excluding hydrogens is 444 g/mol. The molecule has 2 N–H and O–H groups in total. The third-order valence-corrected chi connectivity index (χ3v) is 7.22. The lowest BCUT2D eigenvalue weighted by Crippen LogP contribution is -2.45. The molecule has 7 nitrogen and oxygen atoms in total. The first kappa shape index (κ1) is 24.8. The second kappa shape index (κ2) is 11.4. The van der Waals surface area contributed by atoms with Crippen LogP contribution < -0.4 is 5.32 Å². The van der Waals surface area contributed by atoms with Crippen LogP contribution in [-0.4, -0.2) is 53.2 Å². The molecule has 2 aliphatic rings. The average molecular weight is 479 g/mol. The zero-order chi connectivity index (χ0) is 24.8. The van der Waals surface area contributed by atoms with Crippen LogP contribution in [0.2, 0.25) is 0 Å². The maximum Gasteiger partial charge on any atom is 0.407 e. The Balaban J connectivity index is 1.29. The number of rotatable bonds is 9. The first-order valence-electron chi connectivity index (χ1n) is 12.6. The van der Waals surface area contributed by atoms with Crippen LogP contribution >= 0.6 is 0 Å². The first-order chi connectivity index (χ1) is 17.0. The van der Waals surface area contributed by atoms with E-state index in [0.717, 1.165) is 30.4 Å². The lowest BCUT2D eigenvalue weighted by Gasteiger charge is -2.35. The van der Waals surface area contributed by atoms with Gasteiger partial charge in [0.2, 0.25) is 5.91 Å². The first-order valence-corrected chi connectivity index (χ1v) is 12.6. The van der Waals surface area contributed by atoms with Gasteiger partial charge in [0, 0.05) is 31.0 Å². The Bertz CT molecular complexity index is 1020. The molecule has 1 unspecified atom stereocenters. The van der Waals surface area contributed by atoms with E-state index < -0.39 is 12.1 Å². The normalized spacial score (nSPS) is 17.9. The standard InChI is InChI=1S/C28H34N2O5/c1-2-19(14-15-26(31)30-16-8-7-9-20(30)17-27(32)33)29-28(34)35-18-25-23-12-5-3-10-21(23)22-11-4-6-13-24(22)25/h3-6,10-13,19-20,25H,2,7-9,14-18H2,1H3,(H,29,34)(H,32,33)/t19?,20-/m1/s1. The third-order valence-electron chi connectivity index (χ3n) is 7.22. The van der Waals surface area contributed by atoms with Gasteiger partial charge < -0.3 is 20.1 Å². The highest BCUT2D eigenvalue weighted by atomic mass is 16.5. The molecule has 2 atom stereocenters. The van der Waals surface area contributed by atoms with Crippen molar-refractivity contribution in [3.8, 4) is 11.1 Å². The van der Waals surface area contributed by atoms with Gasteiger partial charge in [0.25, 0.3) is 0 Å². The summed E-state index contributed by atoms with van der Waals surface area (Å²) in [7, 11) is 0. The van der Waals surface area contributed by atoms with E-state index in [1.165, 1.54) is 11.1 Å². The van der Waals surface area contributed by atoms with Crippen LogP contribution in [-0.2, 0) is 14.3 Å². The number of ether oxygens (including phenoxy) is 1. The second-order valence-corrected chi connectivity index (χ2v) is 9.45. The SMILES string of the molecule is CCC(CCC(=O)N1CCCC[C@@H]1CC(=O)O)NC(=O)OCC1c2ccccc2-c2ccccc21. The second-order valence-electron chi connectivity index (χ2n) is 9.45. The van der Waals surface area contributed by atoms with Gasteiger partial charge in [0.05, 0.1) is 6.42 Å². The number of hydrogen-bond acceptors (Lipinski definition) is 4. The number of likely N-dealkylation sites (tertiary alicyclic amines) is 1. The molecule has 0 bridgehead atoms. The van der Waals surface area contributed by atoms with E-state index in [-0.39, 0.29) is 43.4 Å². The molecule has 1 heterocycles. The summed E-state index contributed by atoms with van der Waals surface area (Å²) in [4.78, 5) is 38.3. The molecule has 4 rings (SSSR count). The number of hydrogen-bond donors (Lipinski definition) is 2. The Hall–Kier alpha value is -3.35. The monoisotopic (exact) mass is 478 g/mol.